The molecule has 1 aliphatic rings. The molecule has 0 bridgehead atoms. The van der Waals surface area contributed by atoms with Gasteiger partial charge in [0.15, 0.2) is 0 Å². The Bertz CT molecular complexity index is 529. The number of amides is 2. The second-order valence-electron chi connectivity index (χ2n) is 5.52. The van der Waals surface area contributed by atoms with Gasteiger partial charge in [0.1, 0.15) is 17.1 Å². The van der Waals surface area contributed by atoms with Crippen LogP contribution in [0.3, 0.4) is 0 Å². The lowest BCUT2D eigenvalue weighted by molar-refractivity contribution is -0.152. The molecule has 5 nitrogen and oxygen atoms in total. The van der Waals surface area contributed by atoms with Crippen LogP contribution in [0.5, 0.6) is 0 Å². The quantitative estimate of drug-likeness (QED) is 0.908. The lowest BCUT2D eigenvalue weighted by Gasteiger charge is -2.41. The summed E-state index contributed by atoms with van der Waals surface area (Å²) >= 11 is 1.54. The minimum atomic E-state index is -0.398. The molecular weight excluding hydrogens is 286 g/mol. The second kappa shape index (κ2) is 6.56. The molecule has 2 rings (SSSR count). The van der Waals surface area contributed by atoms with E-state index in [0.29, 0.717) is 12.8 Å². The largest absolute Gasteiger partial charge is 0.343 e. The van der Waals surface area contributed by atoms with Crippen LogP contribution >= 0.6 is 11.3 Å². The highest BCUT2D eigenvalue weighted by molar-refractivity contribution is 7.09. The Balaban J connectivity index is 2.30. The number of nitrogens with zero attached hydrogens (tertiary/aromatic N) is 2. The predicted molar refractivity (Wildman–Crippen MR) is 83.0 cm³/mol. The van der Waals surface area contributed by atoms with E-state index in [1.165, 1.54) is 0 Å². The zero-order chi connectivity index (χ0) is 15.6. The lowest BCUT2D eigenvalue weighted by Crippen LogP contribution is -2.63. The van der Waals surface area contributed by atoms with Crippen LogP contribution in [0.15, 0.2) is 5.38 Å². The molecule has 1 aliphatic heterocycles. The minimum absolute atomic E-state index is 0.0173. The summed E-state index contributed by atoms with van der Waals surface area (Å²) < 4.78 is 0. The molecule has 3 unspecified atom stereocenters. The molecule has 1 N–H and O–H groups in total. The van der Waals surface area contributed by atoms with Gasteiger partial charge in [0, 0.05) is 11.1 Å². The number of carbonyl (C=O) groups excluding carboxylic acids is 2. The van der Waals surface area contributed by atoms with Crippen molar-refractivity contribution < 1.29 is 9.59 Å². The molecular formula is C15H23N3O2S. The van der Waals surface area contributed by atoms with Gasteiger partial charge in [-0.3, -0.25) is 9.59 Å². The average Bonchev–Trinajstić information content (AvgIpc) is 2.88. The molecule has 0 aliphatic carbocycles. The number of carbonyl (C=O) groups is 2. The number of hydrogen-bond donors (Lipinski definition) is 1. The van der Waals surface area contributed by atoms with Crippen LogP contribution in [0, 0.1) is 6.92 Å². The van der Waals surface area contributed by atoms with Gasteiger partial charge in [0.25, 0.3) is 0 Å². The number of piperazine rings is 1. The fourth-order valence-electron chi connectivity index (χ4n) is 2.80. The van der Waals surface area contributed by atoms with E-state index in [-0.39, 0.29) is 17.9 Å². The van der Waals surface area contributed by atoms with E-state index in [1.807, 2.05) is 33.1 Å². The summed E-state index contributed by atoms with van der Waals surface area (Å²) in [6, 6.07) is -0.954. The SMILES string of the molecule is CCCC1NC(=O)C(CC)N(C(C)c2nc(C)cs2)C1=O. The zero-order valence-electron chi connectivity index (χ0n) is 13.0. The molecule has 0 radical (unpaired) electrons. The highest BCUT2D eigenvalue weighted by Crippen LogP contribution is 2.29. The number of aryl methyl sites for hydroxylation is 1. The summed E-state index contributed by atoms with van der Waals surface area (Å²) in [7, 11) is 0. The van der Waals surface area contributed by atoms with Gasteiger partial charge in [-0.15, -0.1) is 11.3 Å². The van der Waals surface area contributed by atoms with Crippen molar-refractivity contribution in [3.63, 3.8) is 0 Å². The van der Waals surface area contributed by atoms with E-state index in [4.69, 9.17) is 0 Å². The fraction of sp³-hybridized carbons (Fsp3) is 0.667. The monoisotopic (exact) mass is 309 g/mol. The van der Waals surface area contributed by atoms with Crippen molar-refractivity contribution in [1.29, 1.82) is 0 Å². The van der Waals surface area contributed by atoms with Gasteiger partial charge < -0.3 is 10.2 Å². The smallest absolute Gasteiger partial charge is 0.246 e. The number of rotatable bonds is 5. The first-order valence-electron chi connectivity index (χ1n) is 7.54. The molecule has 1 fully saturated rings. The van der Waals surface area contributed by atoms with Crippen molar-refractivity contribution in [3.8, 4) is 0 Å². The van der Waals surface area contributed by atoms with E-state index in [0.717, 1.165) is 17.1 Å². The molecule has 0 saturated carbocycles. The molecule has 6 heteroatoms. The standard InChI is InChI=1S/C15H23N3O2S/c1-5-7-11-15(20)18(12(6-2)13(19)17-11)10(4)14-16-9(3)8-21-14/h8,10-12H,5-7H2,1-4H3,(H,17,19). The molecule has 2 amide bonds. The van der Waals surface area contributed by atoms with Gasteiger partial charge in [-0.1, -0.05) is 20.3 Å². The van der Waals surface area contributed by atoms with Crippen molar-refractivity contribution in [1.82, 2.24) is 15.2 Å². The molecule has 116 valence electrons. The second-order valence-corrected chi connectivity index (χ2v) is 6.41. The number of aromatic nitrogens is 1. The van der Waals surface area contributed by atoms with Gasteiger partial charge in [-0.2, -0.15) is 0 Å². The topological polar surface area (TPSA) is 62.3 Å². The third-order valence-electron chi connectivity index (χ3n) is 3.88. The van der Waals surface area contributed by atoms with E-state index >= 15 is 0 Å². The highest BCUT2D eigenvalue weighted by atomic mass is 32.1. The molecule has 2 heterocycles. The summed E-state index contributed by atoms with van der Waals surface area (Å²) in [6.45, 7) is 7.85. The van der Waals surface area contributed by atoms with Crippen LogP contribution in [-0.2, 0) is 9.59 Å². The summed E-state index contributed by atoms with van der Waals surface area (Å²) in [5.74, 6) is -0.0284. The lowest BCUT2D eigenvalue weighted by atomic mass is 10.00. The van der Waals surface area contributed by atoms with Gasteiger partial charge in [0.2, 0.25) is 11.8 Å². The van der Waals surface area contributed by atoms with Crippen molar-refractivity contribution in [2.24, 2.45) is 0 Å². The first kappa shape index (κ1) is 15.9. The first-order chi connectivity index (χ1) is 9.99. The fourth-order valence-corrected chi connectivity index (χ4v) is 3.65. The van der Waals surface area contributed by atoms with Crippen molar-refractivity contribution in [3.05, 3.63) is 16.1 Å². The van der Waals surface area contributed by atoms with Crippen LogP contribution < -0.4 is 5.32 Å². The highest BCUT2D eigenvalue weighted by Gasteiger charge is 2.42. The van der Waals surface area contributed by atoms with Gasteiger partial charge >= 0.3 is 0 Å². The Morgan fingerprint density at radius 3 is 2.67 bits per heavy atom. The third-order valence-corrected chi connectivity index (χ3v) is 5.02. The molecule has 3 atom stereocenters. The normalized spacial score (nSPS) is 24.1. The van der Waals surface area contributed by atoms with E-state index < -0.39 is 12.1 Å². The predicted octanol–water partition coefficient (Wildman–Crippen LogP) is 2.42. The molecule has 21 heavy (non-hydrogen) atoms. The summed E-state index contributed by atoms with van der Waals surface area (Å²) in [6.07, 6.45) is 2.16. The summed E-state index contributed by atoms with van der Waals surface area (Å²) in [4.78, 5) is 31.2. The van der Waals surface area contributed by atoms with E-state index in [9.17, 15) is 9.59 Å². The maximum atomic E-state index is 12.7. The van der Waals surface area contributed by atoms with Crippen molar-refractivity contribution >= 4 is 23.2 Å². The van der Waals surface area contributed by atoms with Crippen LogP contribution in [0.4, 0.5) is 0 Å². The average molecular weight is 309 g/mol. The first-order valence-corrected chi connectivity index (χ1v) is 8.42. The Hall–Kier alpha value is -1.43. The molecule has 1 aromatic rings. The Morgan fingerprint density at radius 2 is 2.14 bits per heavy atom. The Morgan fingerprint density at radius 1 is 1.43 bits per heavy atom. The molecule has 1 aromatic heterocycles. The summed E-state index contributed by atoms with van der Waals surface area (Å²) in [5.41, 5.74) is 0.953. The van der Waals surface area contributed by atoms with Gasteiger partial charge in [0.05, 0.1) is 6.04 Å². The van der Waals surface area contributed by atoms with Crippen molar-refractivity contribution in [2.45, 2.75) is 65.1 Å². The van der Waals surface area contributed by atoms with Crippen LogP contribution in [0.2, 0.25) is 0 Å². The molecule has 0 spiro atoms. The molecule has 0 aromatic carbocycles. The maximum Gasteiger partial charge on any atom is 0.246 e. The number of nitrogens with one attached hydrogen (secondary N) is 1. The van der Waals surface area contributed by atoms with Crippen LogP contribution in [0.1, 0.15) is 56.8 Å². The minimum Gasteiger partial charge on any atom is -0.343 e. The van der Waals surface area contributed by atoms with Crippen LogP contribution in [0.25, 0.3) is 0 Å². The van der Waals surface area contributed by atoms with Crippen LogP contribution in [-0.4, -0.2) is 33.8 Å². The number of hydrogen-bond acceptors (Lipinski definition) is 4. The van der Waals surface area contributed by atoms with E-state index in [2.05, 4.69) is 10.3 Å². The Labute approximate surface area is 129 Å². The molecule has 1 saturated heterocycles. The van der Waals surface area contributed by atoms with Gasteiger partial charge in [-0.05, 0) is 26.7 Å². The zero-order valence-corrected chi connectivity index (χ0v) is 13.9. The van der Waals surface area contributed by atoms with Crippen molar-refractivity contribution in [2.75, 3.05) is 0 Å². The maximum absolute atomic E-state index is 12.7. The Kier molecular flexibility index (Phi) is 4.98. The number of thiazole rings is 1. The summed E-state index contributed by atoms with van der Waals surface area (Å²) in [5, 5.41) is 5.73. The third kappa shape index (κ3) is 3.10. The van der Waals surface area contributed by atoms with E-state index in [1.54, 1.807) is 16.2 Å². The van der Waals surface area contributed by atoms with Gasteiger partial charge in [-0.25, -0.2) is 4.98 Å².